The number of nitrogens with one attached hydrogen (secondary N) is 1. The van der Waals surface area contributed by atoms with Crippen LogP contribution < -0.4 is 10.1 Å². The minimum atomic E-state index is -0.438. The highest BCUT2D eigenvalue weighted by Gasteiger charge is 2.15. The lowest BCUT2D eigenvalue weighted by Gasteiger charge is -2.06. The Kier molecular flexibility index (Phi) is 4.70. The lowest BCUT2D eigenvalue weighted by atomic mass is 10.2. The van der Waals surface area contributed by atoms with E-state index >= 15 is 0 Å². The summed E-state index contributed by atoms with van der Waals surface area (Å²) in [5, 5.41) is 3.48. The van der Waals surface area contributed by atoms with Crippen LogP contribution in [0.1, 0.15) is 27.8 Å². The van der Waals surface area contributed by atoms with Crippen LogP contribution in [0.3, 0.4) is 0 Å². The van der Waals surface area contributed by atoms with Gasteiger partial charge in [-0.1, -0.05) is 18.2 Å². The van der Waals surface area contributed by atoms with Crippen molar-refractivity contribution in [1.82, 2.24) is 0 Å². The van der Waals surface area contributed by atoms with Crippen LogP contribution in [-0.2, 0) is 4.74 Å². The van der Waals surface area contributed by atoms with Crippen LogP contribution in [0.5, 0.6) is 5.75 Å². The molecule has 0 aliphatic carbocycles. The van der Waals surface area contributed by atoms with Crippen molar-refractivity contribution in [3.8, 4) is 5.75 Å². The maximum absolute atomic E-state index is 12.4. The van der Waals surface area contributed by atoms with Crippen LogP contribution >= 0.6 is 0 Å². The normalized spacial score (nSPS) is 10.5. The zero-order valence-corrected chi connectivity index (χ0v) is 13.9. The van der Waals surface area contributed by atoms with Gasteiger partial charge in [0.25, 0.3) is 5.91 Å². The number of benzene rings is 2. The molecule has 128 valence electrons. The van der Waals surface area contributed by atoms with Gasteiger partial charge in [0.05, 0.1) is 19.3 Å². The molecular weight excluding hydrogens is 322 g/mol. The third-order valence-corrected chi connectivity index (χ3v) is 3.58. The van der Waals surface area contributed by atoms with Gasteiger partial charge in [0.15, 0.2) is 17.1 Å². The lowest BCUT2D eigenvalue weighted by Crippen LogP contribution is -2.12. The highest BCUT2D eigenvalue weighted by atomic mass is 16.5. The van der Waals surface area contributed by atoms with Crippen molar-refractivity contribution in [2.45, 2.75) is 6.92 Å². The summed E-state index contributed by atoms with van der Waals surface area (Å²) in [4.78, 5) is 24.2. The molecule has 0 fully saturated rings. The average Bonchev–Trinajstić information content (AvgIpc) is 3.06. The van der Waals surface area contributed by atoms with Crippen LogP contribution in [0.4, 0.5) is 5.69 Å². The predicted octanol–water partition coefficient (Wildman–Crippen LogP) is 3.87. The number of carbonyl (C=O) groups excluding carboxylic acids is 2. The van der Waals surface area contributed by atoms with Crippen molar-refractivity contribution in [2.24, 2.45) is 0 Å². The molecular formula is C19H17NO5. The zero-order valence-electron chi connectivity index (χ0n) is 13.9. The molecule has 0 aliphatic rings. The number of fused-ring (bicyclic) bond motifs is 1. The molecule has 6 nitrogen and oxygen atoms in total. The summed E-state index contributed by atoms with van der Waals surface area (Å²) < 4.78 is 15.8. The molecule has 0 bridgehead atoms. The van der Waals surface area contributed by atoms with Gasteiger partial charge in [0.1, 0.15) is 0 Å². The molecule has 1 heterocycles. The van der Waals surface area contributed by atoms with Crippen LogP contribution in [0, 0.1) is 0 Å². The van der Waals surface area contributed by atoms with E-state index in [1.807, 2.05) is 12.1 Å². The average molecular weight is 339 g/mol. The first-order valence-corrected chi connectivity index (χ1v) is 7.77. The number of ether oxygens (including phenoxy) is 2. The number of hydrogen-bond donors (Lipinski definition) is 1. The second-order valence-corrected chi connectivity index (χ2v) is 5.24. The Balaban J connectivity index is 1.83. The first-order valence-electron chi connectivity index (χ1n) is 7.77. The summed E-state index contributed by atoms with van der Waals surface area (Å²) in [6, 6.07) is 13.6. The summed E-state index contributed by atoms with van der Waals surface area (Å²) in [7, 11) is 1.54. The summed E-state index contributed by atoms with van der Waals surface area (Å²) >= 11 is 0. The molecule has 2 aromatic carbocycles. The molecule has 0 saturated heterocycles. The number of rotatable bonds is 5. The Morgan fingerprint density at radius 3 is 2.68 bits per heavy atom. The van der Waals surface area contributed by atoms with Crippen molar-refractivity contribution in [1.29, 1.82) is 0 Å². The Hall–Kier alpha value is -3.28. The van der Waals surface area contributed by atoms with Gasteiger partial charge in [-0.3, -0.25) is 4.79 Å². The van der Waals surface area contributed by atoms with Gasteiger partial charge in [0.2, 0.25) is 0 Å². The summed E-state index contributed by atoms with van der Waals surface area (Å²) in [5.74, 6) is -0.145. The van der Waals surface area contributed by atoms with E-state index in [1.54, 1.807) is 43.3 Å². The number of esters is 1. The Labute approximate surface area is 144 Å². The van der Waals surface area contributed by atoms with Crippen LogP contribution in [0.15, 0.2) is 52.9 Å². The van der Waals surface area contributed by atoms with Crippen LogP contribution in [0.2, 0.25) is 0 Å². The van der Waals surface area contributed by atoms with Crippen molar-refractivity contribution >= 4 is 28.5 Å². The number of anilines is 1. The monoisotopic (exact) mass is 339 g/mol. The van der Waals surface area contributed by atoms with Gasteiger partial charge >= 0.3 is 5.97 Å². The summed E-state index contributed by atoms with van der Waals surface area (Å²) in [6.45, 7) is 2.02. The molecule has 1 N–H and O–H groups in total. The molecule has 3 aromatic rings. The Morgan fingerprint density at radius 2 is 1.92 bits per heavy atom. The fourth-order valence-corrected chi connectivity index (χ4v) is 2.44. The third kappa shape index (κ3) is 3.47. The van der Waals surface area contributed by atoms with Gasteiger partial charge in [-0.2, -0.15) is 0 Å². The van der Waals surface area contributed by atoms with E-state index in [0.29, 0.717) is 22.6 Å². The largest absolute Gasteiger partial charge is 0.493 e. The number of furan rings is 1. The van der Waals surface area contributed by atoms with E-state index in [9.17, 15) is 9.59 Å². The quantitative estimate of drug-likeness (QED) is 0.714. The molecule has 0 atom stereocenters. The van der Waals surface area contributed by atoms with Gasteiger partial charge in [-0.05, 0) is 37.3 Å². The number of methoxy groups -OCH3 is 1. The number of amides is 1. The standard InChI is InChI=1S/C19H17NO5/c1-3-24-19(22)13-7-4-8-14(10-13)20-18(21)16-11-12-6-5-9-15(23-2)17(12)25-16/h4-11H,3H2,1-2H3,(H,20,21). The van der Waals surface area contributed by atoms with Gasteiger partial charge < -0.3 is 19.2 Å². The van der Waals surface area contributed by atoms with E-state index in [-0.39, 0.29) is 12.4 Å². The molecule has 1 amide bonds. The van der Waals surface area contributed by atoms with E-state index < -0.39 is 11.9 Å². The molecule has 25 heavy (non-hydrogen) atoms. The van der Waals surface area contributed by atoms with Crippen LogP contribution in [-0.4, -0.2) is 25.6 Å². The zero-order chi connectivity index (χ0) is 17.8. The maximum Gasteiger partial charge on any atom is 0.338 e. The minimum absolute atomic E-state index is 0.154. The second kappa shape index (κ2) is 7.09. The number of carbonyl (C=O) groups is 2. The van der Waals surface area contributed by atoms with Crippen molar-refractivity contribution < 1.29 is 23.5 Å². The van der Waals surface area contributed by atoms with Crippen molar-refractivity contribution in [2.75, 3.05) is 19.0 Å². The molecule has 0 aliphatic heterocycles. The number of para-hydroxylation sites is 1. The second-order valence-electron chi connectivity index (χ2n) is 5.24. The maximum atomic E-state index is 12.4. The Bertz CT molecular complexity index is 928. The molecule has 3 rings (SSSR count). The molecule has 6 heteroatoms. The molecule has 0 unspecified atom stereocenters. The molecule has 0 spiro atoms. The highest BCUT2D eigenvalue weighted by Crippen LogP contribution is 2.28. The third-order valence-electron chi connectivity index (χ3n) is 3.58. The molecule has 0 saturated carbocycles. The molecule has 1 aromatic heterocycles. The van der Waals surface area contributed by atoms with E-state index in [0.717, 1.165) is 5.39 Å². The predicted molar refractivity (Wildman–Crippen MR) is 93.1 cm³/mol. The van der Waals surface area contributed by atoms with Crippen LogP contribution in [0.25, 0.3) is 11.0 Å². The first kappa shape index (κ1) is 16.6. The van der Waals surface area contributed by atoms with E-state index in [4.69, 9.17) is 13.9 Å². The molecule has 0 radical (unpaired) electrons. The van der Waals surface area contributed by atoms with Gasteiger partial charge in [0, 0.05) is 11.1 Å². The van der Waals surface area contributed by atoms with E-state index in [1.165, 1.54) is 7.11 Å². The fourth-order valence-electron chi connectivity index (χ4n) is 2.44. The SMILES string of the molecule is CCOC(=O)c1cccc(NC(=O)c2cc3cccc(OC)c3o2)c1. The summed E-state index contributed by atoms with van der Waals surface area (Å²) in [6.07, 6.45) is 0. The topological polar surface area (TPSA) is 77.8 Å². The smallest absolute Gasteiger partial charge is 0.338 e. The summed E-state index contributed by atoms with van der Waals surface area (Å²) in [5.41, 5.74) is 1.35. The Morgan fingerprint density at radius 1 is 1.12 bits per heavy atom. The lowest BCUT2D eigenvalue weighted by molar-refractivity contribution is 0.0526. The highest BCUT2D eigenvalue weighted by molar-refractivity contribution is 6.05. The van der Waals surface area contributed by atoms with E-state index in [2.05, 4.69) is 5.32 Å². The van der Waals surface area contributed by atoms with Crippen molar-refractivity contribution in [3.63, 3.8) is 0 Å². The fraction of sp³-hybridized carbons (Fsp3) is 0.158. The van der Waals surface area contributed by atoms with Gasteiger partial charge in [-0.25, -0.2) is 4.79 Å². The minimum Gasteiger partial charge on any atom is -0.493 e. The number of hydrogen-bond acceptors (Lipinski definition) is 5. The van der Waals surface area contributed by atoms with Gasteiger partial charge in [-0.15, -0.1) is 0 Å². The van der Waals surface area contributed by atoms with Crippen molar-refractivity contribution in [3.05, 3.63) is 59.9 Å². The first-order chi connectivity index (χ1) is 12.1.